The number of aromatic nitrogens is 1. The van der Waals surface area contributed by atoms with E-state index in [2.05, 4.69) is 10.5 Å². The van der Waals surface area contributed by atoms with Crippen LogP contribution in [0.15, 0.2) is 10.6 Å². The average molecular weight is 356 g/mol. The SMILES string of the molecule is C[C@@H]1C[C@H](NC(=O)c2cc(C3CC3)on2)CCN1S(=O)(=O)N(C)C. The Morgan fingerprint density at radius 2 is 2.08 bits per heavy atom. The van der Waals surface area contributed by atoms with Crippen LogP contribution in [-0.4, -0.2) is 60.8 Å². The van der Waals surface area contributed by atoms with Gasteiger partial charge in [-0.3, -0.25) is 4.79 Å². The number of carbonyl (C=O) groups excluding carboxylic acids is 1. The lowest BCUT2D eigenvalue weighted by Crippen LogP contribution is -2.53. The molecule has 3 rings (SSSR count). The van der Waals surface area contributed by atoms with Gasteiger partial charge in [-0.2, -0.15) is 17.0 Å². The van der Waals surface area contributed by atoms with E-state index in [-0.39, 0.29) is 18.0 Å². The molecule has 0 radical (unpaired) electrons. The minimum Gasteiger partial charge on any atom is -0.360 e. The maximum Gasteiger partial charge on any atom is 0.281 e. The molecule has 8 nitrogen and oxygen atoms in total. The van der Waals surface area contributed by atoms with Crippen LogP contribution in [0.5, 0.6) is 0 Å². The highest BCUT2D eigenvalue weighted by Gasteiger charge is 2.35. The van der Waals surface area contributed by atoms with E-state index in [1.807, 2.05) is 6.92 Å². The zero-order valence-electron chi connectivity index (χ0n) is 14.2. The number of nitrogens with zero attached hydrogens (tertiary/aromatic N) is 3. The van der Waals surface area contributed by atoms with Crippen LogP contribution in [0.4, 0.5) is 0 Å². The summed E-state index contributed by atoms with van der Waals surface area (Å²) >= 11 is 0. The summed E-state index contributed by atoms with van der Waals surface area (Å²) in [7, 11) is -0.374. The van der Waals surface area contributed by atoms with Crippen LogP contribution < -0.4 is 5.32 Å². The van der Waals surface area contributed by atoms with Gasteiger partial charge in [0.2, 0.25) is 0 Å². The van der Waals surface area contributed by atoms with Gasteiger partial charge in [-0.05, 0) is 32.6 Å². The molecule has 2 atom stereocenters. The van der Waals surface area contributed by atoms with Gasteiger partial charge in [-0.25, -0.2) is 0 Å². The molecule has 0 bridgehead atoms. The molecule has 24 heavy (non-hydrogen) atoms. The smallest absolute Gasteiger partial charge is 0.281 e. The molecule has 0 aromatic carbocycles. The summed E-state index contributed by atoms with van der Waals surface area (Å²) in [6.45, 7) is 2.25. The highest BCUT2D eigenvalue weighted by Crippen LogP contribution is 2.40. The van der Waals surface area contributed by atoms with Gasteiger partial charge >= 0.3 is 0 Å². The molecule has 0 spiro atoms. The minimum atomic E-state index is -3.43. The lowest BCUT2D eigenvalue weighted by atomic mass is 10.0. The highest BCUT2D eigenvalue weighted by atomic mass is 32.2. The number of hydrogen-bond donors (Lipinski definition) is 1. The number of piperidine rings is 1. The Labute approximate surface area is 142 Å². The molecule has 1 aliphatic carbocycles. The Kier molecular flexibility index (Phi) is 4.67. The van der Waals surface area contributed by atoms with Gasteiger partial charge in [-0.15, -0.1) is 0 Å². The van der Waals surface area contributed by atoms with E-state index in [1.54, 1.807) is 6.07 Å². The summed E-state index contributed by atoms with van der Waals surface area (Å²) in [5, 5.41) is 6.78. The van der Waals surface area contributed by atoms with Crippen molar-refractivity contribution in [2.45, 2.75) is 50.6 Å². The predicted molar refractivity (Wildman–Crippen MR) is 87.7 cm³/mol. The molecule has 1 saturated heterocycles. The maximum absolute atomic E-state index is 12.3. The quantitative estimate of drug-likeness (QED) is 0.847. The topological polar surface area (TPSA) is 95.7 Å². The lowest BCUT2D eigenvalue weighted by Gasteiger charge is -2.37. The fraction of sp³-hybridized carbons (Fsp3) is 0.733. The first-order valence-electron chi connectivity index (χ1n) is 8.26. The van der Waals surface area contributed by atoms with Crippen LogP contribution in [0.2, 0.25) is 0 Å². The first-order valence-corrected chi connectivity index (χ1v) is 9.65. The molecule has 1 aliphatic heterocycles. The van der Waals surface area contributed by atoms with E-state index in [9.17, 15) is 13.2 Å². The summed E-state index contributed by atoms with van der Waals surface area (Å²) in [6.07, 6.45) is 3.34. The molecule has 2 fully saturated rings. The molecule has 1 N–H and O–H groups in total. The van der Waals surface area contributed by atoms with Crippen molar-refractivity contribution in [3.63, 3.8) is 0 Å². The minimum absolute atomic E-state index is 0.0674. The van der Waals surface area contributed by atoms with E-state index < -0.39 is 10.2 Å². The molecule has 0 unspecified atom stereocenters. The molecular formula is C15H24N4O4S. The van der Waals surface area contributed by atoms with Crippen LogP contribution >= 0.6 is 0 Å². The van der Waals surface area contributed by atoms with E-state index in [0.717, 1.165) is 18.6 Å². The second-order valence-corrected chi connectivity index (χ2v) is 8.93. The zero-order chi connectivity index (χ0) is 17.5. The predicted octanol–water partition coefficient (Wildman–Crippen LogP) is 0.941. The molecular weight excluding hydrogens is 332 g/mol. The van der Waals surface area contributed by atoms with Crippen LogP contribution in [0.3, 0.4) is 0 Å². The van der Waals surface area contributed by atoms with Gasteiger partial charge in [0.15, 0.2) is 5.69 Å². The summed E-state index contributed by atoms with van der Waals surface area (Å²) in [5.41, 5.74) is 0.299. The molecule has 1 aromatic heterocycles. The van der Waals surface area contributed by atoms with Gasteiger partial charge in [0, 0.05) is 44.7 Å². The molecule has 134 valence electrons. The van der Waals surface area contributed by atoms with Crippen molar-refractivity contribution in [1.82, 2.24) is 19.1 Å². The van der Waals surface area contributed by atoms with Crippen molar-refractivity contribution in [3.05, 3.63) is 17.5 Å². The normalized spacial score (nSPS) is 25.8. The highest BCUT2D eigenvalue weighted by molar-refractivity contribution is 7.86. The number of hydrogen-bond acceptors (Lipinski definition) is 5. The molecule has 2 aliphatic rings. The van der Waals surface area contributed by atoms with Crippen molar-refractivity contribution in [2.75, 3.05) is 20.6 Å². The Bertz CT molecular complexity index is 711. The molecule has 2 heterocycles. The van der Waals surface area contributed by atoms with Crippen molar-refractivity contribution in [2.24, 2.45) is 0 Å². The van der Waals surface area contributed by atoms with E-state index >= 15 is 0 Å². The lowest BCUT2D eigenvalue weighted by molar-refractivity contribution is 0.0904. The van der Waals surface area contributed by atoms with Gasteiger partial charge < -0.3 is 9.84 Å². The average Bonchev–Trinajstić information content (AvgIpc) is 3.24. The van der Waals surface area contributed by atoms with Gasteiger partial charge in [0.25, 0.3) is 16.1 Å². The largest absolute Gasteiger partial charge is 0.360 e. The number of rotatable bonds is 5. The third kappa shape index (κ3) is 3.47. The Morgan fingerprint density at radius 3 is 2.67 bits per heavy atom. The van der Waals surface area contributed by atoms with Crippen LogP contribution in [0.25, 0.3) is 0 Å². The van der Waals surface area contributed by atoms with E-state index in [0.29, 0.717) is 31.0 Å². The summed E-state index contributed by atoms with van der Waals surface area (Å²) in [4.78, 5) is 12.3. The van der Waals surface area contributed by atoms with Crippen molar-refractivity contribution in [3.8, 4) is 0 Å². The standard InChI is InChI=1S/C15H24N4O4S/c1-10-8-12(6-7-19(10)24(21,22)18(2)3)16-15(20)13-9-14(23-17-13)11-4-5-11/h9-12H,4-8H2,1-3H3,(H,16,20)/t10-,12-/m1/s1. The fourth-order valence-electron chi connectivity index (χ4n) is 3.05. The fourth-order valence-corrected chi connectivity index (χ4v) is 4.35. The van der Waals surface area contributed by atoms with Crippen LogP contribution in [-0.2, 0) is 10.2 Å². The summed E-state index contributed by atoms with van der Waals surface area (Å²) in [5.74, 6) is 0.936. The Hall–Kier alpha value is -1.45. The second-order valence-electron chi connectivity index (χ2n) is 6.83. The molecule has 1 amide bonds. The van der Waals surface area contributed by atoms with Crippen molar-refractivity contribution < 1.29 is 17.7 Å². The number of nitrogens with one attached hydrogen (secondary N) is 1. The van der Waals surface area contributed by atoms with Crippen molar-refractivity contribution in [1.29, 1.82) is 0 Å². The zero-order valence-corrected chi connectivity index (χ0v) is 15.0. The van der Waals surface area contributed by atoms with Gasteiger partial charge in [-0.1, -0.05) is 5.16 Å². The van der Waals surface area contributed by atoms with E-state index in [1.165, 1.54) is 22.7 Å². The third-order valence-electron chi connectivity index (χ3n) is 4.65. The molecule has 9 heteroatoms. The van der Waals surface area contributed by atoms with E-state index in [4.69, 9.17) is 4.52 Å². The summed E-state index contributed by atoms with van der Waals surface area (Å²) < 4.78 is 32.4. The first-order chi connectivity index (χ1) is 11.3. The molecule has 1 aromatic rings. The van der Waals surface area contributed by atoms with Gasteiger partial charge in [0.05, 0.1) is 0 Å². The van der Waals surface area contributed by atoms with Crippen LogP contribution in [0, 0.1) is 0 Å². The molecule has 1 saturated carbocycles. The summed E-state index contributed by atoms with van der Waals surface area (Å²) in [6, 6.07) is 1.47. The third-order valence-corrected chi connectivity index (χ3v) is 6.71. The second kappa shape index (κ2) is 6.45. The first kappa shape index (κ1) is 17.4. The Balaban J connectivity index is 1.58. The van der Waals surface area contributed by atoms with Crippen LogP contribution in [0.1, 0.15) is 54.8 Å². The monoisotopic (exact) mass is 356 g/mol. The van der Waals surface area contributed by atoms with Crippen molar-refractivity contribution >= 4 is 16.1 Å². The number of amides is 1. The van der Waals surface area contributed by atoms with Gasteiger partial charge in [0.1, 0.15) is 5.76 Å². The maximum atomic E-state index is 12.3. The number of carbonyl (C=O) groups is 1. The Morgan fingerprint density at radius 1 is 1.38 bits per heavy atom.